The Labute approximate surface area is 197 Å². The highest BCUT2D eigenvalue weighted by atomic mass is 16.5. The van der Waals surface area contributed by atoms with Crippen LogP contribution in [0.1, 0.15) is 24.0 Å². The molecule has 2 N–H and O–H groups in total. The Bertz CT molecular complexity index is 1250. The van der Waals surface area contributed by atoms with Crippen molar-refractivity contribution >= 4 is 29.1 Å². The van der Waals surface area contributed by atoms with Crippen LogP contribution >= 0.6 is 0 Å². The number of carbonyl (C=O) groups is 2. The maximum atomic E-state index is 12.7. The zero-order valence-electron chi connectivity index (χ0n) is 18.8. The number of terminal acetylenes is 1. The first kappa shape index (κ1) is 22.9. The van der Waals surface area contributed by atoms with E-state index in [1.807, 2.05) is 4.90 Å². The van der Waals surface area contributed by atoms with Crippen molar-refractivity contribution in [1.29, 1.82) is 5.26 Å². The first-order chi connectivity index (χ1) is 16.5. The van der Waals surface area contributed by atoms with Crippen molar-refractivity contribution in [2.75, 3.05) is 33.3 Å². The molecule has 0 saturated carbocycles. The molecule has 2 aliphatic rings. The van der Waals surface area contributed by atoms with E-state index in [1.165, 1.54) is 24.4 Å². The highest BCUT2D eigenvalue weighted by Gasteiger charge is 2.38. The van der Waals surface area contributed by atoms with Gasteiger partial charge in [0, 0.05) is 55.9 Å². The fourth-order valence-corrected chi connectivity index (χ4v) is 4.26. The summed E-state index contributed by atoms with van der Waals surface area (Å²) in [6.45, 7) is 2.02. The number of aromatic nitrogens is 2. The second-order valence-electron chi connectivity index (χ2n) is 8.27. The van der Waals surface area contributed by atoms with E-state index in [1.54, 1.807) is 23.0 Å². The van der Waals surface area contributed by atoms with E-state index in [0.29, 0.717) is 48.6 Å². The van der Waals surface area contributed by atoms with Gasteiger partial charge in [-0.1, -0.05) is 0 Å². The Morgan fingerprint density at radius 2 is 2.06 bits per heavy atom. The third-order valence-corrected chi connectivity index (χ3v) is 6.27. The lowest BCUT2D eigenvalue weighted by Crippen LogP contribution is -2.57. The van der Waals surface area contributed by atoms with Crippen LogP contribution in [0.25, 0.3) is 11.1 Å². The third-order valence-electron chi connectivity index (χ3n) is 6.27. The van der Waals surface area contributed by atoms with Crippen molar-refractivity contribution in [2.45, 2.75) is 18.9 Å². The highest BCUT2D eigenvalue weighted by Crippen LogP contribution is 2.27. The number of hydrogen-bond donors (Lipinski definition) is 1. The highest BCUT2D eigenvalue weighted by molar-refractivity contribution is 6.10. The smallest absolute Gasteiger partial charge is 0.298 e. The van der Waals surface area contributed by atoms with E-state index in [9.17, 15) is 14.9 Å². The first-order valence-corrected chi connectivity index (χ1v) is 10.9. The molecular weight excluding hydrogens is 434 g/mol. The van der Waals surface area contributed by atoms with Crippen molar-refractivity contribution in [1.82, 2.24) is 19.4 Å². The fraction of sp³-hybridized carbons (Fsp3) is 0.375. The van der Waals surface area contributed by atoms with Crippen molar-refractivity contribution in [2.24, 2.45) is 16.6 Å². The van der Waals surface area contributed by atoms with Gasteiger partial charge in [-0.05, 0) is 24.8 Å². The number of likely N-dealkylation sites (tertiary alicyclic amines) is 2. The molecule has 10 nitrogen and oxygen atoms in total. The third kappa shape index (κ3) is 4.30. The van der Waals surface area contributed by atoms with E-state index in [-0.39, 0.29) is 23.8 Å². The van der Waals surface area contributed by atoms with Gasteiger partial charge in [0.25, 0.3) is 5.91 Å². The molecule has 174 valence electrons. The summed E-state index contributed by atoms with van der Waals surface area (Å²) in [5.41, 5.74) is 8.35. The average molecular weight is 460 g/mol. The summed E-state index contributed by atoms with van der Waals surface area (Å²) in [5, 5.41) is 13.5. The SMILES string of the molecule is C#CC(=O)N1CC(C(=O)N2CCC(N=CC(=CN)c3cc(OC)c4c(C#N)cnn4c3)CC2)C1. The number of rotatable bonds is 5. The molecule has 2 aromatic heterocycles. The molecule has 2 fully saturated rings. The Hall–Kier alpha value is -4.31. The van der Waals surface area contributed by atoms with Crippen molar-refractivity contribution < 1.29 is 14.3 Å². The van der Waals surface area contributed by atoms with E-state index in [2.05, 4.69) is 17.1 Å². The second kappa shape index (κ2) is 9.67. The van der Waals surface area contributed by atoms with Crippen molar-refractivity contribution in [3.8, 4) is 24.2 Å². The largest absolute Gasteiger partial charge is 0.494 e. The van der Waals surface area contributed by atoms with E-state index in [0.717, 1.165) is 18.4 Å². The van der Waals surface area contributed by atoms with Crippen molar-refractivity contribution in [3.05, 3.63) is 35.8 Å². The Kier molecular flexibility index (Phi) is 6.51. The zero-order chi connectivity index (χ0) is 24.2. The molecule has 2 saturated heterocycles. The van der Waals surface area contributed by atoms with Gasteiger partial charge in [0.2, 0.25) is 5.91 Å². The molecule has 0 bridgehead atoms. The van der Waals surface area contributed by atoms with Crippen LogP contribution in [0, 0.1) is 29.6 Å². The van der Waals surface area contributed by atoms with Gasteiger partial charge in [0.05, 0.1) is 25.3 Å². The quantitative estimate of drug-likeness (QED) is 0.517. The van der Waals surface area contributed by atoms with Crippen LogP contribution in [0.4, 0.5) is 0 Å². The number of piperidine rings is 1. The van der Waals surface area contributed by atoms with Gasteiger partial charge in [0.1, 0.15) is 22.9 Å². The number of pyridine rings is 1. The van der Waals surface area contributed by atoms with Gasteiger partial charge in [-0.25, -0.2) is 4.52 Å². The number of ether oxygens (including phenoxy) is 1. The lowest BCUT2D eigenvalue weighted by Gasteiger charge is -2.41. The minimum Gasteiger partial charge on any atom is -0.494 e. The number of nitriles is 1. The lowest BCUT2D eigenvalue weighted by molar-refractivity contribution is -0.146. The Morgan fingerprint density at radius 1 is 1.32 bits per heavy atom. The van der Waals surface area contributed by atoms with Gasteiger partial charge in [0.15, 0.2) is 0 Å². The predicted octanol–water partition coefficient (Wildman–Crippen LogP) is 0.668. The summed E-state index contributed by atoms with van der Waals surface area (Å²) in [4.78, 5) is 32.2. The number of nitrogens with two attached hydrogens (primary N) is 1. The number of amides is 2. The van der Waals surface area contributed by atoms with Crippen molar-refractivity contribution in [3.63, 3.8) is 0 Å². The van der Waals surface area contributed by atoms with E-state index in [4.69, 9.17) is 21.9 Å². The zero-order valence-corrected chi connectivity index (χ0v) is 18.8. The second-order valence-corrected chi connectivity index (χ2v) is 8.27. The topological polar surface area (TPSA) is 129 Å². The standard InChI is InChI=1S/C24H25N7O3/c1-3-22(32)30-13-19(14-30)24(33)29-6-4-20(5-7-29)27-11-17(9-25)16-8-21(34-2)23-18(10-26)12-28-31(23)15-16/h1,8-9,11-12,15,19-20H,4-7,13-14,25H2,2H3. The molecular formula is C24H25N7O3. The monoisotopic (exact) mass is 459 g/mol. The Morgan fingerprint density at radius 3 is 2.68 bits per heavy atom. The molecule has 2 amide bonds. The minimum atomic E-state index is -0.365. The molecule has 0 atom stereocenters. The molecule has 10 heteroatoms. The van der Waals surface area contributed by atoms with Crippen LogP contribution in [0.3, 0.4) is 0 Å². The normalized spacial score (nSPS) is 17.4. The first-order valence-electron chi connectivity index (χ1n) is 10.9. The van der Waals surface area contributed by atoms with Gasteiger partial charge in [-0.15, -0.1) is 6.42 Å². The molecule has 2 aromatic rings. The van der Waals surface area contributed by atoms with Crippen LogP contribution in [-0.2, 0) is 9.59 Å². The van der Waals surface area contributed by atoms with E-state index < -0.39 is 0 Å². The molecule has 34 heavy (non-hydrogen) atoms. The maximum Gasteiger partial charge on any atom is 0.298 e. The van der Waals surface area contributed by atoms with Gasteiger partial charge < -0.3 is 20.3 Å². The van der Waals surface area contributed by atoms with Crippen LogP contribution in [0.2, 0.25) is 0 Å². The summed E-state index contributed by atoms with van der Waals surface area (Å²) >= 11 is 0. The molecule has 0 radical (unpaired) electrons. The van der Waals surface area contributed by atoms with Gasteiger partial charge >= 0.3 is 0 Å². The summed E-state index contributed by atoms with van der Waals surface area (Å²) in [6, 6.07) is 3.98. The van der Waals surface area contributed by atoms with Gasteiger partial charge in [-0.3, -0.25) is 14.6 Å². The predicted molar refractivity (Wildman–Crippen MR) is 126 cm³/mol. The van der Waals surface area contributed by atoms with Crippen LogP contribution in [0.5, 0.6) is 5.75 Å². The number of nitrogens with zero attached hydrogens (tertiary/aromatic N) is 6. The lowest BCUT2D eigenvalue weighted by atomic mass is 9.96. The minimum absolute atomic E-state index is 0.0698. The van der Waals surface area contributed by atoms with Crippen LogP contribution < -0.4 is 10.5 Å². The summed E-state index contributed by atoms with van der Waals surface area (Å²) in [7, 11) is 1.54. The summed E-state index contributed by atoms with van der Waals surface area (Å²) in [6.07, 6.45) is 13.1. The average Bonchev–Trinajstić information content (AvgIpc) is 3.26. The van der Waals surface area contributed by atoms with Crippen LogP contribution in [-0.4, -0.2) is 76.8 Å². The maximum absolute atomic E-state index is 12.7. The summed E-state index contributed by atoms with van der Waals surface area (Å²) < 4.78 is 7.05. The number of aliphatic imine (C=N–C) groups is 1. The van der Waals surface area contributed by atoms with Gasteiger partial charge in [-0.2, -0.15) is 10.4 Å². The number of hydrogen-bond acceptors (Lipinski definition) is 7. The fourth-order valence-electron chi connectivity index (χ4n) is 4.26. The number of allylic oxidation sites excluding steroid dienone is 1. The molecule has 4 rings (SSSR count). The molecule has 2 aliphatic heterocycles. The molecule has 0 unspecified atom stereocenters. The Balaban J connectivity index is 1.37. The van der Waals surface area contributed by atoms with E-state index >= 15 is 0 Å². The molecule has 0 aromatic carbocycles. The molecule has 0 spiro atoms. The van der Waals surface area contributed by atoms with Crippen LogP contribution in [0.15, 0.2) is 29.7 Å². The summed E-state index contributed by atoms with van der Waals surface area (Å²) in [5.74, 6) is 2.13. The number of methoxy groups -OCH3 is 1. The molecule has 4 heterocycles. The number of carbonyl (C=O) groups excluding carboxylic acids is 2. The molecule has 0 aliphatic carbocycles. The number of fused-ring (bicyclic) bond motifs is 1.